The van der Waals surface area contributed by atoms with Crippen molar-refractivity contribution in [2.45, 2.75) is 32.0 Å². The molecule has 0 saturated carbocycles. The summed E-state index contributed by atoms with van der Waals surface area (Å²) < 4.78 is 7.36. The molecule has 2 aromatic heterocycles. The molecular weight excluding hydrogens is 384 g/mol. The van der Waals surface area contributed by atoms with Crippen molar-refractivity contribution in [1.82, 2.24) is 9.88 Å². The number of piperidine rings is 1. The number of likely N-dealkylation sites (tertiary alicyclic amines) is 1. The number of nitrogens with one attached hydrogen (secondary N) is 1. The number of ether oxygens (including phenoxy) is 1. The van der Waals surface area contributed by atoms with E-state index in [4.69, 9.17) is 4.74 Å². The number of benzene rings is 1. The fraction of sp³-hybridized carbons (Fsp3) is 0.318. The number of anilines is 1. The van der Waals surface area contributed by atoms with E-state index < -0.39 is 0 Å². The van der Waals surface area contributed by atoms with Gasteiger partial charge in [-0.3, -0.25) is 14.8 Å². The molecule has 2 atom stereocenters. The number of carbonyl (C=O) groups excluding carboxylic acids is 1. The van der Waals surface area contributed by atoms with Crippen LogP contribution in [-0.2, 0) is 4.79 Å². The minimum atomic E-state index is -0.199. The van der Waals surface area contributed by atoms with Crippen LogP contribution in [0.25, 0.3) is 10.1 Å². The first kappa shape index (κ1) is 18.1. The average molecular weight is 407 g/mol. The zero-order chi connectivity index (χ0) is 20.0. The first-order valence-corrected chi connectivity index (χ1v) is 10.6. The van der Waals surface area contributed by atoms with Gasteiger partial charge in [-0.25, -0.2) is 0 Å². The molecule has 1 aromatic carbocycles. The number of thiophene rings is 1. The molecule has 1 N–H and O–H groups in total. The van der Waals surface area contributed by atoms with Crippen LogP contribution in [-0.4, -0.2) is 41.7 Å². The van der Waals surface area contributed by atoms with Crippen molar-refractivity contribution in [2.24, 2.45) is 4.99 Å². The highest BCUT2D eigenvalue weighted by Crippen LogP contribution is 2.34. The Bertz CT molecular complexity index is 1120. The quantitative estimate of drug-likeness (QED) is 0.710. The maximum atomic E-state index is 11.7. The SMILES string of the molecule is Cc1cc(OC2CCC(=O)N(C)C2)cc2c1NC(c1cc3ccsc3cn1)N=C2. The van der Waals surface area contributed by atoms with Gasteiger partial charge in [0.15, 0.2) is 6.17 Å². The molecule has 1 fully saturated rings. The van der Waals surface area contributed by atoms with E-state index >= 15 is 0 Å². The van der Waals surface area contributed by atoms with Gasteiger partial charge in [0.05, 0.1) is 16.9 Å². The lowest BCUT2D eigenvalue weighted by atomic mass is 10.0. The predicted octanol–water partition coefficient (Wildman–Crippen LogP) is 4.15. The molecule has 29 heavy (non-hydrogen) atoms. The van der Waals surface area contributed by atoms with Gasteiger partial charge in [0.2, 0.25) is 5.91 Å². The Kier molecular flexibility index (Phi) is 4.47. The van der Waals surface area contributed by atoms with E-state index in [1.165, 1.54) is 10.1 Å². The Hall–Kier alpha value is -2.93. The molecule has 0 aliphatic carbocycles. The smallest absolute Gasteiger partial charge is 0.222 e. The molecule has 0 radical (unpaired) electrons. The van der Waals surface area contributed by atoms with Crippen LogP contribution in [0.3, 0.4) is 0 Å². The topological polar surface area (TPSA) is 66.8 Å². The molecule has 4 heterocycles. The Labute approximate surface area is 173 Å². The van der Waals surface area contributed by atoms with Crippen molar-refractivity contribution in [3.05, 3.63) is 52.7 Å². The minimum Gasteiger partial charge on any atom is -0.489 e. The van der Waals surface area contributed by atoms with Gasteiger partial charge in [-0.2, -0.15) is 0 Å². The van der Waals surface area contributed by atoms with Crippen molar-refractivity contribution in [2.75, 3.05) is 18.9 Å². The largest absolute Gasteiger partial charge is 0.489 e. The lowest BCUT2D eigenvalue weighted by Crippen LogP contribution is -2.42. The average Bonchev–Trinajstić information content (AvgIpc) is 3.18. The Morgan fingerprint density at radius 1 is 1.31 bits per heavy atom. The molecule has 1 saturated heterocycles. The highest BCUT2D eigenvalue weighted by atomic mass is 32.1. The van der Waals surface area contributed by atoms with Crippen molar-refractivity contribution in [1.29, 1.82) is 0 Å². The van der Waals surface area contributed by atoms with E-state index in [-0.39, 0.29) is 18.2 Å². The van der Waals surface area contributed by atoms with E-state index in [1.807, 2.05) is 31.6 Å². The zero-order valence-corrected chi connectivity index (χ0v) is 17.2. The Balaban J connectivity index is 1.37. The van der Waals surface area contributed by atoms with Crippen LogP contribution in [0.2, 0.25) is 0 Å². The number of hydrogen-bond acceptors (Lipinski definition) is 6. The summed E-state index contributed by atoms with van der Waals surface area (Å²) in [6.07, 6.45) is 4.93. The first-order valence-electron chi connectivity index (χ1n) is 9.75. The number of fused-ring (bicyclic) bond motifs is 2. The van der Waals surface area contributed by atoms with E-state index in [0.717, 1.165) is 34.7 Å². The summed E-state index contributed by atoms with van der Waals surface area (Å²) in [6.45, 7) is 2.70. The van der Waals surface area contributed by atoms with Crippen LogP contribution in [0.15, 0.2) is 40.8 Å². The number of nitrogens with zero attached hydrogens (tertiary/aromatic N) is 3. The van der Waals surface area contributed by atoms with Gasteiger partial charge in [0, 0.05) is 37.1 Å². The Morgan fingerprint density at radius 3 is 3.07 bits per heavy atom. The van der Waals surface area contributed by atoms with Gasteiger partial charge < -0.3 is 15.0 Å². The second kappa shape index (κ2) is 7.15. The van der Waals surface area contributed by atoms with Crippen LogP contribution in [0.1, 0.15) is 35.8 Å². The van der Waals surface area contributed by atoms with Crippen LogP contribution < -0.4 is 10.1 Å². The van der Waals surface area contributed by atoms with Crippen molar-refractivity contribution < 1.29 is 9.53 Å². The summed E-state index contributed by atoms with van der Waals surface area (Å²) >= 11 is 1.69. The second-order valence-electron chi connectivity index (χ2n) is 7.65. The molecule has 3 aromatic rings. The highest BCUT2D eigenvalue weighted by Gasteiger charge is 2.25. The maximum Gasteiger partial charge on any atom is 0.222 e. The molecule has 148 valence electrons. The molecular formula is C22H22N4O2S. The molecule has 1 amide bonds. The molecule has 5 rings (SSSR count). The summed E-state index contributed by atoms with van der Waals surface area (Å²) in [4.78, 5) is 22.7. The predicted molar refractivity (Wildman–Crippen MR) is 116 cm³/mol. The number of carbonyl (C=O) groups is 1. The second-order valence-corrected chi connectivity index (χ2v) is 8.60. The highest BCUT2D eigenvalue weighted by molar-refractivity contribution is 7.17. The summed E-state index contributed by atoms with van der Waals surface area (Å²) in [5.41, 5.74) is 4.08. The fourth-order valence-electron chi connectivity index (χ4n) is 3.92. The number of amides is 1. The van der Waals surface area contributed by atoms with E-state index in [1.54, 1.807) is 16.2 Å². The molecule has 6 nitrogen and oxygen atoms in total. The number of pyridine rings is 1. The van der Waals surface area contributed by atoms with Crippen LogP contribution >= 0.6 is 11.3 Å². The van der Waals surface area contributed by atoms with Crippen LogP contribution in [0.5, 0.6) is 5.75 Å². The normalized spacial score (nSPS) is 21.2. The standard InChI is InChI=1S/C22H22N4O2S/c1-13-7-17(28-16-3-4-20(27)26(2)12-16)8-15-10-24-22(25-21(13)15)18-9-14-5-6-29-19(14)11-23-18/h5-11,16,22,25H,3-4,12H2,1-2H3. The minimum absolute atomic E-state index is 0.0259. The number of likely N-dealkylation sites (N-methyl/N-ethyl adjacent to an activating group) is 1. The van der Waals surface area contributed by atoms with E-state index in [9.17, 15) is 4.79 Å². The molecule has 7 heteroatoms. The third-order valence-corrected chi connectivity index (χ3v) is 6.38. The van der Waals surface area contributed by atoms with Gasteiger partial charge in [-0.1, -0.05) is 0 Å². The Morgan fingerprint density at radius 2 is 2.21 bits per heavy atom. The van der Waals surface area contributed by atoms with Gasteiger partial charge >= 0.3 is 0 Å². The molecule has 2 aliphatic heterocycles. The summed E-state index contributed by atoms with van der Waals surface area (Å²) in [6, 6.07) is 8.27. The number of aliphatic imine (C=N–C) groups is 1. The van der Waals surface area contributed by atoms with Gasteiger partial charge in [0.1, 0.15) is 11.9 Å². The summed E-state index contributed by atoms with van der Waals surface area (Å²) in [5.74, 6) is 1.00. The summed E-state index contributed by atoms with van der Waals surface area (Å²) in [5, 5.41) is 6.79. The molecule has 2 aliphatic rings. The van der Waals surface area contributed by atoms with Crippen molar-refractivity contribution in [3.63, 3.8) is 0 Å². The third kappa shape index (κ3) is 3.46. The molecule has 0 bridgehead atoms. The summed E-state index contributed by atoms with van der Waals surface area (Å²) in [7, 11) is 1.83. The number of aryl methyl sites for hydroxylation is 1. The lowest BCUT2D eigenvalue weighted by molar-refractivity contribution is -0.134. The van der Waals surface area contributed by atoms with Crippen LogP contribution in [0, 0.1) is 6.92 Å². The van der Waals surface area contributed by atoms with Gasteiger partial charge in [-0.15, -0.1) is 11.3 Å². The van der Waals surface area contributed by atoms with Gasteiger partial charge in [0.25, 0.3) is 0 Å². The first-order chi connectivity index (χ1) is 14.1. The number of rotatable bonds is 3. The number of hydrogen-bond donors (Lipinski definition) is 1. The van der Waals surface area contributed by atoms with Crippen molar-refractivity contribution >= 4 is 39.2 Å². The van der Waals surface area contributed by atoms with Crippen molar-refractivity contribution in [3.8, 4) is 5.75 Å². The molecule has 2 unspecified atom stereocenters. The monoisotopic (exact) mass is 406 g/mol. The fourth-order valence-corrected chi connectivity index (χ4v) is 4.66. The van der Waals surface area contributed by atoms with E-state index in [0.29, 0.717) is 13.0 Å². The third-order valence-electron chi connectivity index (χ3n) is 5.51. The van der Waals surface area contributed by atoms with Gasteiger partial charge in [-0.05, 0) is 53.9 Å². The lowest BCUT2D eigenvalue weighted by Gasteiger charge is -2.30. The molecule has 0 spiro atoms. The number of aromatic nitrogens is 1. The van der Waals surface area contributed by atoms with E-state index in [2.05, 4.69) is 39.7 Å². The van der Waals surface area contributed by atoms with Crippen LogP contribution in [0.4, 0.5) is 5.69 Å². The maximum absolute atomic E-state index is 11.7. The zero-order valence-electron chi connectivity index (χ0n) is 16.4.